The molecule has 4 heterocycles. The van der Waals surface area contributed by atoms with Crippen molar-refractivity contribution in [3.63, 3.8) is 0 Å². The minimum atomic E-state index is 0.497. The zero-order valence-electron chi connectivity index (χ0n) is 11.4. The van der Waals surface area contributed by atoms with E-state index in [0.717, 1.165) is 34.9 Å². The SMILES string of the molecule is Nc1ccc2ncnc(NC3CN4CCC3CC4)c2c1. The third-order valence-electron chi connectivity index (χ3n) is 4.64. The Morgan fingerprint density at radius 3 is 2.80 bits per heavy atom. The number of nitrogens with one attached hydrogen (secondary N) is 1. The molecule has 3 fully saturated rings. The van der Waals surface area contributed by atoms with Crippen molar-refractivity contribution >= 4 is 22.4 Å². The van der Waals surface area contributed by atoms with Gasteiger partial charge in [0.25, 0.3) is 0 Å². The number of anilines is 2. The predicted molar refractivity (Wildman–Crippen MR) is 80.5 cm³/mol. The van der Waals surface area contributed by atoms with Gasteiger partial charge in [-0.15, -0.1) is 0 Å². The van der Waals surface area contributed by atoms with Gasteiger partial charge < -0.3 is 16.0 Å². The van der Waals surface area contributed by atoms with Gasteiger partial charge >= 0.3 is 0 Å². The number of hydrogen-bond donors (Lipinski definition) is 2. The summed E-state index contributed by atoms with van der Waals surface area (Å²) < 4.78 is 0. The normalized spacial score (nSPS) is 28.7. The van der Waals surface area contributed by atoms with Gasteiger partial charge in [0.2, 0.25) is 0 Å². The van der Waals surface area contributed by atoms with E-state index >= 15 is 0 Å². The second kappa shape index (κ2) is 4.59. The van der Waals surface area contributed by atoms with Crippen molar-refractivity contribution in [2.45, 2.75) is 18.9 Å². The van der Waals surface area contributed by atoms with Crippen molar-refractivity contribution in [3.05, 3.63) is 24.5 Å². The lowest BCUT2D eigenvalue weighted by Crippen LogP contribution is -2.53. The summed E-state index contributed by atoms with van der Waals surface area (Å²) in [5.74, 6) is 1.69. The van der Waals surface area contributed by atoms with Crippen LogP contribution in [0, 0.1) is 5.92 Å². The molecular weight excluding hydrogens is 250 g/mol. The van der Waals surface area contributed by atoms with Crippen LogP contribution in [0.2, 0.25) is 0 Å². The lowest BCUT2D eigenvalue weighted by atomic mass is 9.84. The highest BCUT2D eigenvalue weighted by Gasteiger charge is 2.34. The molecular formula is C15H19N5. The highest BCUT2D eigenvalue weighted by Crippen LogP contribution is 2.31. The Hall–Kier alpha value is -1.88. The van der Waals surface area contributed by atoms with E-state index < -0.39 is 0 Å². The Morgan fingerprint density at radius 1 is 1.20 bits per heavy atom. The molecule has 3 aliphatic rings. The van der Waals surface area contributed by atoms with Crippen LogP contribution in [0.1, 0.15) is 12.8 Å². The number of rotatable bonds is 2. The first kappa shape index (κ1) is 11.9. The maximum atomic E-state index is 5.89. The minimum Gasteiger partial charge on any atom is -0.399 e. The molecule has 3 N–H and O–H groups in total. The largest absolute Gasteiger partial charge is 0.399 e. The Morgan fingerprint density at radius 2 is 2.05 bits per heavy atom. The van der Waals surface area contributed by atoms with Crippen LogP contribution in [0.15, 0.2) is 24.5 Å². The summed E-state index contributed by atoms with van der Waals surface area (Å²) in [6.07, 6.45) is 4.22. The van der Waals surface area contributed by atoms with Crippen LogP contribution in [0.4, 0.5) is 11.5 Å². The number of aromatic nitrogens is 2. The maximum absolute atomic E-state index is 5.89. The highest BCUT2D eigenvalue weighted by atomic mass is 15.2. The monoisotopic (exact) mass is 269 g/mol. The maximum Gasteiger partial charge on any atom is 0.137 e. The molecule has 5 heteroatoms. The van der Waals surface area contributed by atoms with Crippen LogP contribution in [0.5, 0.6) is 0 Å². The summed E-state index contributed by atoms with van der Waals surface area (Å²) in [6, 6.07) is 6.29. The lowest BCUT2D eigenvalue weighted by molar-refractivity contribution is 0.0974. The molecule has 5 nitrogen and oxygen atoms in total. The van der Waals surface area contributed by atoms with Gasteiger partial charge in [0.1, 0.15) is 12.1 Å². The summed E-state index contributed by atoms with van der Waals surface area (Å²) in [5.41, 5.74) is 7.59. The quantitative estimate of drug-likeness (QED) is 0.813. The number of fused-ring (bicyclic) bond motifs is 4. The van der Waals surface area contributed by atoms with Crippen molar-refractivity contribution in [2.75, 3.05) is 30.7 Å². The molecule has 0 radical (unpaired) electrons. The summed E-state index contributed by atoms with van der Waals surface area (Å²) in [4.78, 5) is 11.3. The van der Waals surface area contributed by atoms with E-state index in [-0.39, 0.29) is 0 Å². The van der Waals surface area contributed by atoms with Crippen molar-refractivity contribution < 1.29 is 0 Å². The molecule has 0 aliphatic carbocycles. The number of nitrogens with zero attached hydrogens (tertiary/aromatic N) is 3. The molecule has 1 aromatic carbocycles. The molecule has 20 heavy (non-hydrogen) atoms. The van der Waals surface area contributed by atoms with Crippen molar-refractivity contribution in [2.24, 2.45) is 5.92 Å². The van der Waals surface area contributed by atoms with Gasteiger partial charge in [0, 0.05) is 23.7 Å². The summed E-state index contributed by atoms with van der Waals surface area (Å²) >= 11 is 0. The Labute approximate surface area is 118 Å². The van der Waals surface area contributed by atoms with Crippen molar-refractivity contribution in [1.29, 1.82) is 0 Å². The molecule has 1 aromatic heterocycles. The fourth-order valence-electron chi connectivity index (χ4n) is 3.49. The van der Waals surface area contributed by atoms with Gasteiger partial charge in [0.05, 0.1) is 5.52 Å². The van der Waals surface area contributed by atoms with Crippen LogP contribution in [0.25, 0.3) is 10.9 Å². The van der Waals surface area contributed by atoms with Gasteiger partial charge in [-0.05, 0) is 50.0 Å². The number of hydrogen-bond acceptors (Lipinski definition) is 5. The van der Waals surface area contributed by atoms with Gasteiger partial charge in [0.15, 0.2) is 0 Å². The Kier molecular flexibility index (Phi) is 2.73. The third-order valence-corrected chi connectivity index (χ3v) is 4.64. The molecule has 1 unspecified atom stereocenters. The average molecular weight is 269 g/mol. The van der Waals surface area contributed by atoms with Crippen LogP contribution in [0.3, 0.4) is 0 Å². The smallest absolute Gasteiger partial charge is 0.137 e. The number of benzene rings is 1. The van der Waals surface area contributed by atoms with E-state index in [1.807, 2.05) is 18.2 Å². The first-order valence-electron chi connectivity index (χ1n) is 7.29. The molecule has 2 bridgehead atoms. The van der Waals surface area contributed by atoms with Crippen LogP contribution in [-0.4, -0.2) is 40.5 Å². The number of nitrogen functional groups attached to an aromatic ring is 1. The first-order valence-corrected chi connectivity index (χ1v) is 7.29. The summed E-state index contributed by atoms with van der Waals surface area (Å²) in [7, 11) is 0. The van der Waals surface area contributed by atoms with E-state index in [0.29, 0.717) is 6.04 Å². The average Bonchev–Trinajstić information content (AvgIpc) is 2.49. The van der Waals surface area contributed by atoms with Gasteiger partial charge in [-0.25, -0.2) is 9.97 Å². The van der Waals surface area contributed by atoms with Crippen LogP contribution in [-0.2, 0) is 0 Å². The van der Waals surface area contributed by atoms with Gasteiger partial charge in [-0.2, -0.15) is 0 Å². The predicted octanol–water partition coefficient (Wildman–Crippen LogP) is 1.72. The van der Waals surface area contributed by atoms with E-state index in [1.54, 1.807) is 6.33 Å². The molecule has 3 saturated heterocycles. The molecule has 0 spiro atoms. The third kappa shape index (κ3) is 1.98. The van der Waals surface area contributed by atoms with Crippen molar-refractivity contribution in [1.82, 2.24) is 14.9 Å². The van der Waals surface area contributed by atoms with E-state index in [9.17, 15) is 0 Å². The zero-order valence-corrected chi connectivity index (χ0v) is 11.4. The van der Waals surface area contributed by atoms with E-state index in [2.05, 4.69) is 20.2 Å². The van der Waals surface area contributed by atoms with E-state index in [1.165, 1.54) is 25.9 Å². The topological polar surface area (TPSA) is 67.1 Å². The summed E-state index contributed by atoms with van der Waals surface area (Å²) in [5, 5.41) is 4.65. The number of nitrogens with two attached hydrogens (primary N) is 1. The van der Waals surface area contributed by atoms with Crippen LogP contribution >= 0.6 is 0 Å². The van der Waals surface area contributed by atoms with Crippen LogP contribution < -0.4 is 11.1 Å². The van der Waals surface area contributed by atoms with E-state index in [4.69, 9.17) is 5.73 Å². The second-order valence-electron chi connectivity index (χ2n) is 5.89. The lowest BCUT2D eigenvalue weighted by Gasteiger charge is -2.45. The molecule has 3 aliphatic heterocycles. The molecule has 0 amide bonds. The number of piperidine rings is 3. The molecule has 1 atom stereocenters. The molecule has 5 rings (SSSR count). The molecule has 0 saturated carbocycles. The Bertz CT molecular complexity index is 633. The molecule has 104 valence electrons. The molecule has 2 aromatic rings. The highest BCUT2D eigenvalue weighted by molar-refractivity contribution is 5.91. The fourth-order valence-corrected chi connectivity index (χ4v) is 3.49. The first-order chi connectivity index (χ1) is 9.79. The standard InChI is InChI=1S/C15H19N5/c16-11-1-2-13-12(7-11)15(18-9-17-13)19-14-8-20-5-3-10(14)4-6-20/h1-2,7,9-10,14H,3-6,8,16H2,(H,17,18,19). The van der Waals surface area contributed by atoms with Gasteiger partial charge in [-0.1, -0.05) is 0 Å². The Balaban J connectivity index is 1.67. The zero-order chi connectivity index (χ0) is 13.5. The second-order valence-corrected chi connectivity index (χ2v) is 5.89. The van der Waals surface area contributed by atoms with Crippen molar-refractivity contribution in [3.8, 4) is 0 Å². The fraction of sp³-hybridized carbons (Fsp3) is 0.467. The minimum absolute atomic E-state index is 0.497. The summed E-state index contributed by atoms with van der Waals surface area (Å²) in [6.45, 7) is 3.62. The van der Waals surface area contributed by atoms with Gasteiger partial charge in [-0.3, -0.25) is 0 Å².